The van der Waals surface area contributed by atoms with Crippen molar-refractivity contribution < 1.29 is 9.53 Å². The van der Waals surface area contributed by atoms with Gasteiger partial charge in [0.2, 0.25) is 0 Å². The van der Waals surface area contributed by atoms with Crippen LogP contribution in [0.3, 0.4) is 0 Å². The van der Waals surface area contributed by atoms with Gasteiger partial charge in [0.05, 0.1) is 6.61 Å². The molecule has 0 aromatic carbocycles. The molecule has 3 heteroatoms. The summed E-state index contributed by atoms with van der Waals surface area (Å²) in [5.41, 5.74) is 0. The van der Waals surface area contributed by atoms with Crippen LogP contribution in [-0.4, -0.2) is 22.1 Å². The fraction of sp³-hybridized carbons (Fsp3) is 0.875. The Hall–Kier alpha value is -0.313. The number of rotatable bonds is 3. The van der Waals surface area contributed by atoms with Crippen LogP contribution in [0, 0.1) is 0 Å². The van der Waals surface area contributed by atoms with E-state index in [0.717, 1.165) is 6.04 Å². The average molecular weight is 180 g/mol. The fourth-order valence-electron chi connectivity index (χ4n) is 0.360. The van der Waals surface area contributed by atoms with Gasteiger partial charge in [0.25, 0.3) is 0 Å². The minimum absolute atomic E-state index is 0. The van der Waals surface area contributed by atoms with Crippen LogP contribution in [0.4, 0.5) is 0 Å². The van der Waals surface area contributed by atoms with Crippen molar-refractivity contribution >= 4 is 15.5 Å². The molecule has 0 atom stereocenters. The summed E-state index contributed by atoms with van der Waals surface area (Å²) < 4.78 is 4.68. The first-order valence-electron chi connectivity index (χ1n) is 2.90. The van der Waals surface area contributed by atoms with E-state index in [1.54, 1.807) is 0 Å². The van der Waals surface area contributed by atoms with Crippen LogP contribution < -0.4 is 0 Å². The summed E-state index contributed by atoms with van der Waals surface area (Å²) >= 11 is 0. The van der Waals surface area contributed by atoms with E-state index in [1.807, 2.05) is 0 Å². The first-order valence-corrected chi connectivity index (χ1v) is 5.32. The van der Waals surface area contributed by atoms with Crippen LogP contribution in [-0.2, 0) is 9.53 Å². The molecule has 0 rings (SSSR count). The molecule has 2 nitrogen and oxygen atoms in total. The number of hydrogen-bond donors (Lipinski definition) is 0. The van der Waals surface area contributed by atoms with Gasteiger partial charge in [-0.3, -0.25) is 4.79 Å². The molecule has 0 aliphatic heterocycles. The van der Waals surface area contributed by atoms with Gasteiger partial charge in [-0.05, 0) is 6.04 Å². The third-order valence-electron chi connectivity index (χ3n) is 0.803. The summed E-state index contributed by atoms with van der Waals surface area (Å²) in [5, 5.41) is 0. The maximum Gasteiger partial charge on any atom is 0.302 e. The largest absolute Gasteiger partial charge is 0.466 e. The van der Waals surface area contributed by atoms with E-state index in [-0.39, 0.29) is 37.8 Å². The van der Waals surface area contributed by atoms with Gasteiger partial charge in [-0.25, -0.2) is 0 Å². The Balaban J connectivity index is -0.0000000817. The second-order valence-corrected chi connectivity index (χ2v) is 3.40. The summed E-state index contributed by atoms with van der Waals surface area (Å²) in [6.45, 7) is 4.28. The molecule has 0 radical (unpaired) electrons. The van der Waals surface area contributed by atoms with E-state index in [9.17, 15) is 4.79 Å². The number of hydrogen-bond acceptors (Lipinski definition) is 2. The van der Waals surface area contributed by atoms with Crippen LogP contribution in [0.1, 0.15) is 29.2 Å². The van der Waals surface area contributed by atoms with Gasteiger partial charge >= 0.3 is 5.97 Å². The van der Waals surface area contributed by atoms with E-state index in [1.165, 1.54) is 6.92 Å². The van der Waals surface area contributed by atoms with Crippen molar-refractivity contribution in [3.63, 3.8) is 0 Å². The molecule has 0 amide bonds. The van der Waals surface area contributed by atoms with Gasteiger partial charge in [-0.15, -0.1) is 0 Å². The van der Waals surface area contributed by atoms with Crippen molar-refractivity contribution in [3.05, 3.63) is 0 Å². The van der Waals surface area contributed by atoms with Gasteiger partial charge in [-0.1, -0.05) is 28.8 Å². The van der Waals surface area contributed by atoms with Gasteiger partial charge < -0.3 is 4.74 Å². The molecule has 0 aromatic heterocycles. The number of carbonyl (C=O) groups excluding carboxylic acids is 1. The van der Waals surface area contributed by atoms with E-state index in [4.69, 9.17) is 0 Å². The molecular formula is C8H24O2Si. The van der Waals surface area contributed by atoms with Crippen molar-refractivity contribution in [3.8, 4) is 0 Å². The minimum atomic E-state index is -0.160. The Labute approximate surface area is 74.2 Å². The summed E-state index contributed by atoms with van der Waals surface area (Å²) in [5.74, 6) is -0.160. The quantitative estimate of drug-likeness (QED) is 0.378. The summed E-state index contributed by atoms with van der Waals surface area (Å²) in [6, 6.07) is 1.11. The van der Waals surface area contributed by atoms with Crippen LogP contribution in [0.2, 0.25) is 12.6 Å². The number of esters is 1. The number of carbonyl (C=O) groups is 1. The van der Waals surface area contributed by atoms with Crippen LogP contribution in [0.15, 0.2) is 0 Å². The van der Waals surface area contributed by atoms with Gasteiger partial charge in [-0.2, -0.15) is 0 Å². The third-order valence-corrected chi connectivity index (χ3v) is 1.80. The van der Waals surface area contributed by atoms with Crippen molar-refractivity contribution in [1.82, 2.24) is 0 Å². The molecule has 0 saturated carbocycles. The molecule has 0 aliphatic rings. The molecule has 0 aliphatic carbocycles. The third kappa shape index (κ3) is 26.1. The Morgan fingerprint density at radius 2 is 1.82 bits per heavy atom. The van der Waals surface area contributed by atoms with Crippen LogP contribution >= 0.6 is 0 Å². The highest BCUT2D eigenvalue weighted by Crippen LogP contribution is 1.81. The van der Waals surface area contributed by atoms with Crippen molar-refractivity contribution in [2.75, 3.05) is 6.61 Å². The van der Waals surface area contributed by atoms with Crippen molar-refractivity contribution in [2.24, 2.45) is 0 Å². The first kappa shape index (κ1) is 22.4. The highest BCUT2D eigenvalue weighted by molar-refractivity contribution is 6.33. The monoisotopic (exact) mass is 180 g/mol. The van der Waals surface area contributed by atoms with Crippen molar-refractivity contribution in [2.45, 2.75) is 41.8 Å². The maximum absolute atomic E-state index is 10.1. The summed E-state index contributed by atoms with van der Waals surface area (Å²) in [7, 11) is 0.0938. The van der Waals surface area contributed by atoms with Crippen LogP contribution in [0.5, 0.6) is 0 Å². The molecule has 0 unspecified atom stereocenters. The lowest BCUT2D eigenvalue weighted by Gasteiger charge is -1.96. The highest BCUT2D eigenvalue weighted by Gasteiger charge is 1.88. The molecular weight excluding hydrogens is 156 g/mol. The Morgan fingerprint density at radius 3 is 2.09 bits per heavy atom. The lowest BCUT2D eigenvalue weighted by molar-refractivity contribution is -0.140. The van der Waals surface area contributed by atoms with E-state index >= 15 is 0 Å². The summed E-state index contributed by atoms with van der Waals surface area (Å²) in [4.78, 5) is 10.1. The highest BCUT2D eigenvalue weighted by atomic mass is 28.2. The van der Waals surface area contributed by atoms with Crippen molar-refractivity contribution in [1.29, 1.82) is 0 Å². The first-order chi connectivity index (χ1) is 3.77. The smallest absolute Gasteiger partial charge is 0.302 e. The zero-order valence-electron chi connectivity index (χ0n) is 5.44. The van der Waals surface area contributed by atoms with Gasteiger partial charge in [0.15, 0.2) is 0 Å². The standard InChI is InChI=1S/C5H12O2Si.3CH4/c1-5(6)7-3-4-8-2;;;/h3-4,8H2,1-2H3;3*1H4. The maximum atomic E-state index is 10.1. The van der Waals surface area contributed by atoms with Gasteiger partial charge in [0, 0.05) is 16.4 Å². The molecule has 11 heavy (non-hydrogen) atoms. The zero-order valence-corrected chi connectivity index (χ0v) is 6.85. The second-order valence-electron chi connectivity index (χ2n) is 1.69. The average Bonchev–Trinajstić information content (AvgIpc) is 1.66. The normalized spacial score (nSPS) is 7.45. The second kappa shape index (κ2) is 16.3. The molecule has 0 heterocycles. The molecule has 0 N–H and O–H groups in total. The fourth-order valence-corrected chi connectivity index (χ4v) is 0.793. The Bertz CT molecular complexity index is 74.5. The van der Waals surface area contributed by atoms with Crippen LogP contribution in [0.25, 0.3) is 0 Å². The Morgan fingerprint density at radius 1 is 1.36 bits per heavy atom. The molecule has 0 aromatic rings. The molecule has 0 bridgehead atoms. The lowest BCUT2D eigenvalue weighted by atomic mass is 10.8. The predicted molar refractivity (Wildman–Crippen MR) is 56.0 cm³/mol. The van der Waals surface area contributed by atoms with E-state index in [2.05, 4.69) is 11.3 Å². The SMILES string of the molecule is C.C.C.C[SiH2]CCOC(C)=O. The minimum Gasteiger partial charge on any atom is -0.466 e. The van der Waals surface area contributed by atoms with E-state index in [0.29, 0.717) is 6.61 Å². The topological polar surface area (TPSA) is 26.3 Å². The Kier molecular flexibility index (Phi) is 33.3. The number of ether oxygens (including phenoxy) is 1. The van der Waals surface area contributed by atoms with Gasteiger partial charge in [0.1, 0.15) is 0 Å². The summed E-state index contributed by atoms with van der Waals surface area (Å²) in [6.07, 6.45) is 0. The van der Waals surface area contributed by atoms with E-state index < -0.39 is 0 Å². The molecule has 0 fully saturated rings. The lowest BCUT2D eigenvalue weighted by Crippen LogP contribution is -2.01. The predicted octanol–water partition coefficient (Wildman–Crippen LogP) is 2.09. The molecule has 0 spiro atoms. The zero-order chi connectivity index (χ0) is 6.41. The molecule has 72 valence electrons. The molecule has 0 saturated heterocycles.